The molecular weight excluding hydrogens is 991 g/mol. The molecular formula is C60H45NO16. The van der Waals surface area contributed by atoms with Crippen LogP contribution in [-0.4, -0.2) is 64.4 Å². The maximum atomic E-state index is 14.9. The Morgan fingerprint density at radius 1 is 0.558 bits per heavy atom. The lowest BCUT2D eigenvalue weighted by atomic mass is 9.96. The van der Waals surface area contributed by atoms with Gasteiger partial charge in [-0.2, -0.15) is 0 Å². The first-order valence-corrected chi connectivity index (χ1v) is 24.5. The number of esters is 2. The van der Waals surface area contributed by atoms with Crippen molar-refractivity contribution in [1.29, 1.82) is 0 Å². The number of fused-ring (bicyclic) bond motifs is 3. The third kappa shape index (κ3) is 9.06. The zero-order chi connectivity index (χ0) is 52.7. The van der Waals surface area contributed by atoms with E-state index in [9.17, 15) is 29.9 Å². The fraction of sp³-hybridized carbons (Fsp3) is 0.167. The van der Waals surface area contributed by atoms with Crippen molar-refractivity contribution >= 4 is 17.6 Å². The molecule has 77 heavy (non-hydrogen) atoms. The molecule has 2 N–H and O–H groups in total. The molecule has 0 spiro atoms. The van der Waals surface area contributed by atoms with Crippen molar-refractivity contribution in [2.75, 3.05) is 6.61 Å². The monoisotopic (exact) mass is 1040 g/mol. The predicted molar refractivity (Wildman–Crippen MR) is 271 cm³/mol. The molecule has 4 heterocycles. The summed E-state index contributed by atoms with van der Waals surface area (Å²) in [5.41, 5.74) is 2.48. The Kier molecular flexibility index (Phi) is 12.7. The number of nitrogens with zero attached hydrogens (tertiary/aromatic N) is 1. The van der Waals surface area contributed by atoms with Crippen molar-refractivity contribution in [2.45, 2.75) is 55.2 Å². The Hall–Kier alpha value is -9.26. The number of ether oxygens (including phenoxy) is 10. The van der Waals surface area contributed by atoms with Crippen LogP contribution in [0.5, 0.6) is 34.5 Å². The van der Waals surface area contributed by atoms with Gasteiger partial charge in [-0.1, -0.05) is 164 Å². The Balaban J connectivity index is 0.915. The lowest BCUT2D eigenvalue weighted by molar-refractivity contribution is -0.387. The van der Waals surface area contributed by atoms with Crippen LogP contribution in [0, 0.1) is 10.1 Å². The number of carbonyl (C=O) groups is 2. The number of benzene rings is 8. The quantitative estimate of drug-likeness (QED) is 0.0625. The maximum absolute atomic E-state index is 14.9. The standard InChI is InChI=1S/C60H45NO16/c62-45-30-38(32-47-50(45)76-59(74-47,40-21-8-2-9-22-40)41-23-10-3-11-24-41)55(64)71-53-52-49(35-69-57(73-52)36-18-6-1-7-19-36)70-58(68-34-37-20-16-17-29-44(37)61(66)67)54(53)72-56(65)39-31-46(63)51-48(33-39)75-60(77-51,42-25-12-4-13-26-42)43-27-14-5-15-28-43/h1-33,49,52-54,57-58,62-63H,34-35H2/t49-,52-,53+,54-,57-,58-/m1/s1. The van der Waals surface area contributed by atoms with Gasteiger partial charge >= 0.3 is 23.5 Å². The minimum absolute atomic E-state index is 0.00130. The van der Waals surface area contributed by atoms with Gasteiger partial charge in [-0.15, -0.1) is 0 Å². The molecule has 17 heteroatoms. The van der Waals surface area contributed by atoms with Crippen molar-refractivity contribution in [3.8, 4) is 34.5 Å². The number of nitro benzene ring substituents is 1. The minimum atomic E-state index is -1.71. The van der Waals surface area contributed by atoms with Crippen LogP contribution < -0.4 is 18.9 Å². The van der Waals surface area contributed by atoms with E-state index < -0.39 is 83.5 Å². The first kappa shape index (κ1) is 48.7. The van der Waals surface area contributed by atoms with E-state index >= 15 is 0 Å². The van der Waals surface area contributed by atoms with Crippen LogP contribution in [0.4, 0.5) is 5.69 Å². The van der Waals surface area contributed by atoms with E-state index in [0.717, 1.165) is 12.1 Å². The summed E-state index contributed by atoms with van der Waals surface area (Å²) in [6.07, 6.45) is -8.25. The molecule has 2 saturated heterocycles. The van der Waals surface area contributed by atoms with Crippen LogP contribution in [0.1, 0.15) is 60.4 Å². The van der Waals surface area contributed by atoms with Gasteiger partial charge in [-0.25, -0.2) is 9.59 Å². The number of hydrogen-bond donors (Lipinski definition) is 2. The molecule has 8 aromatic carbocycles. The van der Waals surface area contributed by atoms with Crippen molar-refractivity contribution in [2.24, 2.45) is 0 Å². The van der Waals surface area contributed by atoms with E-state index in [1.165, 1.54) is 30.3 Å². The molecule has 12 rings (SSSR count). The fourth-order valence-electron chi connectivity index (χ4n) is 9.93. The lowest BCUT2D eigenvalue weighted by Gasteiger charge is -2.48. The number of nitro groups is 1. The number of phenols is 2. The summed E-state index contributed by atoms with van der Waals surface area (Å²) in [5.74, 6) is -6.20. The van der Waals surface area contributed by atoms with E-state index in [2.05, 4.69) is 0 Å². The van der Waals surface area contributed by atoms with Crippen LogP contribution in [0.25, 0.3) is 0 Å². The minimum Gasteiger partial charge on any atom is -0.504 e. The van der Waals surface area contributed by atoms with Crippen molar-refractivity contribution in [1.82, 2.24) is 0 Å². The topological polar surface area (TPSA) is 210 Å². The summed E-state index contributed by atoms with van der Waals surface area (Å²) in [4.78, 5) is 41.3. The molecule has 0 aliphatic carbocycles. The molecule has 4 aliphatic heterocycles. The van der Waals surface area contributed by atoms with Gasteiger partial charge in [0.1, 0.15) is 12.2 Å². The predicted octanol–water partition coefficient (Wildman–Crippen LogP) is 10.2. The van der Waals surface area contributed by atoms with Gasteiger partial charge < -0.3 is 57.6 Å². The largest absolute Gasteiger partial charge is 0.504 e. The molecule has 0 bridgehead atoms. The molecule has 0 aromatic heterocycles. The number of phenolic OH excluding ortho intramolecular Hbond substituents is 2. The third-order valence-electron chi connectivity index (χ3n) is 13.6. The molecule has 6 atom stereocenters. The van der Waals surface area contributed by atoms with Gasteiger partial charge in [-0.3, -0.25) is 10.1 Å². The number of hydrogen-bond acceptors (Lipinski definition) is 16. The molecule has 0 radical (unpaired) electrons. The van der Waals surface area contributed by atoms with Gasteiger partial charge in [0.15, 0.2) is 47.8 Å². The lowest BCUT2D eigenvalue weighted by Crippen LogP contribution is -2.64. The second-order valence-electron chi connectivity index (χ2n) is 18.4. The zero-order valence-corrected chi connectivity index (χ0v) is 40.5. The van der Waals surface area contributed by atoms with Gasteiger partial charge in [0, 0.05) is 33.9 Å². The summed E-state index contributed by atoms with van der Waals surface area (Å²) in [7, 11) is 0. The second-order valence-corrected chi connectivity index (χ2v) is 18.4. The molecule has 0 unspecified atom stereocenters. The number of aromatic hydroxyl groups is 2. The van der Waals surface area contributed by atoms with Gasteiger partial charge in [0.2, 0.25) is 11.5 Å². The van der Waals surface area contributed by atoms with E-state index in [1.807, 2.05) is 103 Å². The molecule has 0 amide bonds. The average Bonchev–Trinajstić information content (AvgIpc) is 4.12. The molecule has 386 valence electrons. The van der Waals surface area contributed by atoms with Crippen LogP contribution in [0.2, 0.25) is 0 Å². The number of para-hydroxylation sites is 1. The van der Waals surface area contributed by atoms with E-state index in [-0.39, 0.29) is 52.0 Å². The van der Waals surface area contributed by atoms with Gasteiger partial charge in [0.05, 0.1) is 34.8 Å². The SMILES string of the molecule is O=C(O[C@@H]1[C@@H](OC(=O)c2cc(O)c3c(c2)OC(c2ccccc2)(c2ccccc2)O3)[C@H](OCc2ccccc2[N+](=O)[O-])O[C@@H]2CO[C@@H](c3ccccc3)O[C@@H]12)c1cc(O)c2c(c1)OC(c1ccccc1)(c1ccccc1)O2. The summed E-state index contributed by atoms with van der Waals surface area (Å²) in [6.45, 7) is -0.578. The van der Waals surface area contributed by atoms with Crippen LogP contribution in [-0.2, 0) is 46.6 Å². The maximum Gasteiger partial charge on any atom is 0.339 e. The van der Waals surface area contributed by atoms with E-state index in [1.54, 1.807) is 54.6 Å². The molecule has 0 saturated carbocycles. The number of rotatable bonds is 13. The Morgan fingerprint density at radius 3 is 1.48 bits per heavy atom. The highest BCUT2D eigenvalue weighted by atomic mass is 16.8. The first-order chi connectivity index (χ1) is 37.6. The highest BCUT2D eigenvalue weighted by molar-refractivity contribution is 5.92. The Morgan fingerprint density at radius 2 is 1.00 bits per heavy atom. The van der Waals surface area contributed by atoms with E-state index in [4.69, 9.17) is 47.4 Å². The highest BCUT2D eigenvalue weighted by Gasteiger charge is 2.55. The molecule has 17 nitrogen and oxygen atoms in total. The number of carbonyl (C=O) groups excluding carboxylic acids is 2. The van der Waals surface area contributed by atoms with Crippen molar-refractivity contribution in [3.63, 3.8) is 0 Å². The van der Waals surface area contributed by atoms with Crippen LogP contribution in [0.15, 0.2) is 200 Å². The van der Waals surface area contributed by atoms with E-state index in [0.29, 0.717) is 27.8 Å². The average molecular weight is 1040 g/mol. The normalized spacial score (nSPS) is 21.3. The van der Waals surface area contributed by atoms with Gasteiger partial charge in [-0.05, 0) is 30.3 Å². The second kappa shape index (κ2) is 20.1. The smallest absolute Gasteiger partial charge is 0.339 e. The van der Waals surface area contributed by atoms with Crippen molar-refractivity contribution < 1.29 is 72.1 Å². The molecule has 2 fully saturated rings. The summed E-state index contributed by atoms with van der Waals surface area (Å²) in [6, 6.07) is 56.3. The van der Waals surface area contributed by atoms with Crippen LogP contribution >= 0.6 is 0 Å². The Labute approximate surface area is 439 Å². The summed E-state index contributed by atoms with van der Waals surface area (Å²) in [5, 5.41) is 35.4. The Bertz CT molecular complexity index is 3400. The molecule has 8 aromatic rings. The van der Waals surface area contributed by atoms with Crippen molar-refractivity contribution in [3.05, 3.63) is 255 Å². The third-order valence-corrected chi connectivity index (χ3v) is 13.6. The highest BCUT2D eigenvalue weighted by Crippen LogP contribution is 2.54. The van der Waals surface area contributed by atoms with Gasteiger partial charge in [0.25, 0.3) is 5.69 Å². The summed E-state index contributed by atoms with van der Waals surface area (Å²) < 4.78 is 64.4. The first-order valence-electron chi connectivity index (χ1n) is 24.5. The summed E-state index contributed by atoms with van der Waals surface area (Å²) >= 11 is 0. The fourth-order valence-corrected chi connectivity index (χ4v) is 9.93. The zero-order valence-electron chi connectivity index (χ0n) is 40.5. The molecule has 4 aliphatic rings. The van der Waals surface area contributed by atoms with Crippen LogP contribution in [0.3, 0.4) is 0 Å².